The number of benzene rings is 3. The summed E-state index contributed by atoms with van der Waals surface area (Å²) in [5, 5.41) is 4.15. The van der Waals surface area contributed by atoms with Crippen molar-refractivity contribution in [3.63, 3.8) is 0 Å². The van der Waals surface area contributed by atoms with Gasteiger partial charge in [0.1, 0.15) is 6.61 Å². The Morgan fingerprint density at radius 3 is 1.61 bits per heavy atom. The van der Waals surface area contributed by atoms with Crippen molar-refractivity contribution in [2.24, 2.45) is 4.99 Å². The zero-order chi connectivity index (χ0) is 21.3. The van der Waals surface area contributed by atoms with Gasteiger partial charge in [0.05, 0.1) is 10.4 Å². The van der Waals surface area contributed by atoms with Gasteiger partial charge >= 0.3 is 0 Å². The minimum atomic E-state index is -2.46. The first-order chi connectivity index (χ1) is 15.1. The Kier molecular flexibility index (Phi) is 5.12. The zero-order valence-electron chi connectivity index (χ0n) is 17.8. The average Bonchev–Trinajstić information content (AvgIpc) is 3.43. The molecule has 0 amide bonds. The third kappa shape index (κ3) is 3.56. The lowest BCUT2D eigenvalue weighted by Crippen LogP contribution is -2.74. The molecule has 0 N–H and O–H groups in total. The van der Waals surface area contributed by atoms with E-state index in [1.807, 2.05) is 11.3 Å². The van der Waals surface area contributed by atoms with Crippen LogP contribution in [0.4, 0.5) is 0 Å². The highest BCUT2D eigenvalue weighted by atomic mass is 32.1. The Morgan fingerprint density at radius 2 is 1.19 bits per heavy atom. The summed E-state index contributed by atoms with van der Waals surface area (Å²) in [6, 6.07) is 37.5. The van der Waals surface area contributed by atoms with Crippen LogP contribution in [0, 0.1) is 0 Å². The number of nitrogens with zero attached hydrogens (tertiary/aromatic N) is 1. The fraction of sp³-hybridized carbons (Fsp3) is 0.148. The summed E-state index contributed by atoms with van der Waals surface area (Å²) in [5.41, 5.74) is -0.160. The van der Waals surface area contributed by atoms with Crippen LogP contribution in [0.15, 0.2) is 108 Å². The topological polar surface area (TPSA) is 21.6 Å². The number of rotatable bonds is 5. The Hall–Kier alpha value is -2.95. The van der Waals surface area contributed by atoms with E-state index in [2.05, 4.69) is 117 Å². The molecule has 4 heteroatoms. The molecule has 0 unspecified atom stereocenters. The average molecular weight is 440 g/mol. The van der Waals surface area contributed by atoms with E-state index in [0.29, 0.717) is 6.61 Å². The molecule has 0 fully saturated rings. The van der Waals surface area contributed by atoms with Gasteiger partial charge in [-0.05, 0) is 35.5 Å². The molecule has 1 aliphatic rings. The molecule has 3 aromatic carbocycles. The molecule has 5 rings (SSSR count). The summed E-state index contributed by atoms with van der Waals surface area (Å²) in [5.74, 6) is 0.776. The molecule has 31 heavy (non-hydrogen) atoms. The quantitative estimate of drug-likeness (QED) is 0.343. The molecule has 1 aromatic heterocycles. The molecule has 0 bridgehead atoms. The molecule has 0 saturated heterocycles. The molecule has 1 aliphatic heterocycles. The van der Waals surface area contributed by atoms with Crippen molar-refractivity contribution < 1.29 is 4.74 Å². The summed E-state index contributed by atoms with van der Waals surface area (Å²) < 4.78 is 7.36. The van der Waals surface area contributed by atoms with E-state index in [1.54, 1.807) is 0 Å². The van der Waals surface area contributed by atoms with Gasteiger partial charge in [0.15, 0.2) is 8.07 Å². The van der Waals surface area contributed by atoms with Crippen LogP contribution in [0.25, 0.3) is 0 Å². The second kappa shape index (κ2) is 7.95. The molecule has 0 saturated carbocycles. The van der Waals surface area contributed by atoms with Crippen molar-refractivity contribution in [3.8, 4) is 0 Å². The molecule has 154 valence electrons. The van der Waals surface area contributed by atoms with Crippen LogP contribution in [0.3, 0.4) is 0 Å². The molecular formula is C27H25NOSSi. The normalized spacial score (nSPS) is 15.4. The molecule has 2 nitrogen and oxygen atoms in total. The predicted molar refractivity (Wildman–Crippen MR) is 135 cm³/mol. The van der Waals surface area contributed by atoms with Crippen molar-refractivity contribution in [1.82, 2.24) is 0 Å². The minimum Gasteiger partial charge on any atom is -0.474 e. The summed E-state index contributed by atoms with van der Waals surface area (Å²) in [7, 11) is -2.46. The molecule has 0 spiro atoms. The largest absolute Gasteiger partial charge is 0.474 e. The van der Waals surface area contributed by atoms with Gasteiger partial charge < -0.3 is 4.74 Å². The van der Waals surface area contributed by atoms with Crippen molar-refractivity contribution in [2.75, 3.05) is 6.61 Å². The maximum atomic E-state index is 5.97. The van der Waals surface area contributed by atoms with Gasteiger partial charge in [0, 0.05) is 4.50 Å². The van der Waals surface area contributed by atoms with E-state index >= 15 is 0 Å². The van der Waals surface area contributed by atoms with E-state index < -0.39 is 8.07 Å². The summed E-state index contributed by atoms with van der Waals surface area (Å²) in [4.78, 5) is 5.94. The van der Waals surface area contributed by atoms with Gasteiger partial charge in [-0.15, -0.1) is 11.3 Å². The maximum Gasteiger partial charge on any atom is 0.227 e. The van der Waals surface area contributed by atoms with Gasteiger partial charge in [-0.1, -0.05) is 97.1 Å². The zero-order valence-corrected chi connectivity index (χ0v) is 19.6. The smallest absolute Gasteiger partial charge is 0.227 e. The van der Waals surface area contributed by atoms with Crippen molar-refractivity contribution >= 4 is 45.4 Å². The van der Waals surface area contributed by atoms with E-state index in [-0.39, 0.29) is 5.54 Å². The maximum absolute atomic E-state index is 5.97. The van der Waals surface area contributed by atoms with E-state index in [9.17, 15) is 0 Å². The number of thiophene rings is 1. The van der Waals surface area contributed by atoms with Crippen LogP contribution in [0.2, 0.25) is 0 Å². The van der Waals surface area contributed by atoms with Gasteiger partial charge in [-0.3, -0.25) is 0 Å². The van der Waals surface area contributed by atoms with E-state index in [0.717, 1.165) is 10.8 Å². The molecule has 2 heterocycles. The first-order valence-electron chi connectivity index (χ1n) is 10.6. The molecule has 0 aliphatic carbocycles. The van der Waals surface area contributed by atoms with E-state index in [4.69, 9.17) is 9.73 Å². The van der Waals surface area contributed by atoms with Crippen molar-refractivity contribution in [1.29, 1.82) is 0 Å². The van der Waals surface area contributed by atoms with Crippen LogP contribution in [-0.4, -0.2) is 26.1 Å². The van der Waals surface area contributed by atoms with Gasteiger partial charge in [-0.25, -0.2) is 4.99 Å². The number of aliphatic imine (C=N–C) groups is 1. The molecular weight excluding hydrogens is 414 g/mol. The highest BCUT2D eigenvalue weighted by molar-refractivity contribution is 7.37. The van der Waals surface area contributed by atoms with Gasteiger partial charge in [0.2, 0.25) is 5.90 Å². The fourth-order valence-corrected chi connectivity index (χ4v) is 11.3. The highest BCUT2D eigenvalue weighted by Crippen LogP contribution is 2.24. The molecule has 0 atom stereocenters. The standard InChI is InChI=1S/C27H25NOSSi/c1-27(2)20-29-26(28-27)24-18-19-25(30-24)31(21-12-6-3-7-13-21,22-14-8-4-9-15-22)23-16-10-5-11-17-23/h3-19H,20H2,1-2H3. The molecule has 4 aromatic rings. The number of hydrogen-bond donors (Lipinski definition) is 0. The van der Waals surface area contributed by atoms with Crippen LogP contribution in [0.5, 0.6) is 0 Å². The van der Waals surface area contributed by atoms with Crippen LogP contribution in [0.1, 0.15) is 18.7 Å². The number of hydrogen-bond acceptors (Lipinski definition) is 3. The second-order valence-electron chi connectivity index (χ2n) is 8.53. The van der Waals surface area contributed by atoms with Gasteiger partial charge in [0.25, 0.3) is 0 Å². The summed E-state index contributed by atoms with van der Waals surface area (Å²) >= 11 is 1.83. The van der Waals surface area contributed by atoms with Gasteiger partial charge in [-0.2, -0.15) is 0 Å². The predicted octanol–water partition coefficient (Wildman–Crippen LogP) is 3.68. The monoisotopic (exact) mass is 439 g/mol. The van der Waals surface area contributed by atoms with Crippen LogP contribution >= 0.6 is 11.3 Å². The third-order valence-corrected chi connectivity index (χ3v) is 12.4. The Morgan fingerprint density at radius 1 is 0.710 bits per heavy atom. The van der Waals surface area contributed by atoms with Crippen molar-refractivity contribution in [2.45, 2.75) is 19.4 Å². The fourth-order valence-electron chi connectivity index (χ4n) is 4.36. The van der Waals surface area contributed by atoms with Crippen molar-refractivity contribution in [3.05, 3.63) is 108 Å². The van der Waals surface area contributed by atoms with Crippen LogP contribution in [-0.2, 0) is 4.74 Å². The van der Waals surface area contributed by atoms with Crippen LogP contribution < -0.4 is 20.1 Å². The Labute approximate surface area is 188 Å². The van der Waals surface area contributed by atoms with E-state index in [1.165, 1.54) is 20.1 Å². The summed E-state index contributed by atoms with van der Waals surface area (Å²) in [6.45, 7) is 4.87. The lowest BCUT2D eigenvalue weighted by Gasteiger charge is -2.32. The Bertz CT molecular complexity index is 1100. The highest BCUT2D eigenvalue weighted by Gasteiger charge is 2.43. The summed E-state index contributed by atoms with van der Waals surface area (Å²) in [6.07, 6.45) is 0. The minimum absolute atomic E-state index is 0.160. The first kappa shape index (κ1) is 20.0. The SMILES string of the molecule is CC1(C)COC(c2ccc([Si](c3ccccc3)(c3ccccc3)c3ccccc3)s2)=N1. The lowest BCUT2D eigenvalue weighted by molar-refractivity contribution is 0.280. The third-order valence-electron chi connectivity index (χ3n) is 5.77. The number of ether oxygens (including phenoxy) is 1. The lowest BCUT2D eigenvalue weighted by atomic mass is 10.1. The second-order valence-corrected chi connectivity index (χ2v) is 13.7. The molecule has 0 radical (unpaired) electrons. The Balaban J connectivity index is 1.78. The first-order valence-corrected chi connectivity index (χ1v) is 13.4.